The van der Waals surface area contributed by atoms with E-state index < -0.39 is 9.84 Å². The van der Waals surface area contributed by atoms with Gasteiger partial charge in [-0.3, -0.25) is 0 Å². The molecule has 0 atom stereocenters. The third-order valence-corrected chi connectivity index (χ3v) is 6.94. The quantitative estimate of drug-likeness (QED) is 0.698. The summed E-state index contributed by atoms with van der Waals surface area (Å²) >= 11 is 1.68. The molecular formula is C19H18N2O2S2. The van der Waals surface area contributed by atoms with Crippen LogP contribution in [0.2, 0.25) is 0 Å². The van der Waals surface area contributed by atoms with E-state index in [1.807, 2.05) is 49.4 Å². The van der Waals surface area contributed by atoms with E-state index in [-0.39, 0.29) is 5.75 Å². The second-order valence-electron chi connectivity index (χ2n) is 6.13. The van der Waals surface area contributed by atoms with E-state index in [9.17, 15) is 8.42 Å². The van der Waals surface area contributed by atoms with Crippen molar-refractivity contribution in [2.24, 2.45) is 0 Å². The molecule has 1 aliphatic heterocycles. The number of hydrogen-bond donors (Lipinski definition) is 0. The average Bonchev–Trinajstić information content (AvgIpc) is 3.19. The molecule has 6 heteroatoms. The van der Waals surface area contributed by atoms with Crippen LogP contribution in [0.3, 0.4) is 0 Å². The monoisotopic (exact) mass is 370 g/mol. The molecule has 25 heavy (non-hydrogen) atoms. The first kappa shape index (κ1) is 16.4. The molecule has 0 unspecified atom stereocenters. The summed E-state index contributed by atoms with van der Waals surface area (Å²) in [5.41, 5.74) is 3.56. The summed E-state index contributed by atoms with van der Waals surface area (Å²) in [5, 5.41) is 0.910. The molecule has 0 radical (unpaired) electrons. The number of rotatable bonds is 4. The van der Waals surface area contributed by atoms with Crippen LogP contribution in [0.1, 0.15) is 11.3 Å². The maximum absolute atomic E-state index is 12.9. The van der Waals surface area contributed by atoms with Crippen LogP contribution >= 0.6 is 11.8 Å². The van der Waals surface area contributed by atoms with Gasteiger partial charge in [0.25, 0.3) is 0 Å². The van der Waals surface area contributed by atoms with Gasteiger partial charge in [-0.2, -0.15) is 0 Å². The Labute approximate surface area is 151 Å². The highest BCUT2D eigenvalue weighted by atomic mass is 32.2. The van der Waals surface area contributed by atoms with E-state index in [0.717, 1.165) is 40.0 Å². The lowest BCUT2D eigenvalue weighted by atomic mass is 10.1. The van der Waals surface area contributed by atoms with Gasteiger partial charge in [0.15, 0.2) is 15.0 Å². The third kappa shape index (κ3) is 3.12. The van der Waals surface area contributed by atoms with Crippen molar-refractivity contribution >= 4 is 21.6 Å². The van der Waals surface area contributed by atoms with Gasteiger partial charge in [0.05, 0.1) is 22.0 Å². The molecule has 0 aliphatic carbocycles. The number of aromatic nitrogens is 2. The molecule has 0 saturated heterocycles. The van der Waals surface area contributed by atoms with Gasteiger partial charge in [0, 0.05) is 17.9 Å². The van der Waals surface area contributed by atoms with Gasteiger partial charge >= 0.3 is 0 Å². The Bertz CT molecular complexity index is 1010. The first-order valence-electron chi connectivity index (χ1n) is 8.12. The van der Waals surface area contributed by atoms with Crippen LogP contribution in [0.15, 0.2) is 64.6 Å². The van der Waals surface area contributed by atoms with E-state index in [0.29, 0.717) is 4.90 Å². The topological polar surface area (TPSA) is 52.0 Å². The Morgan fingerprint density at radius 1 is 1.08 bits per heavy atom. The van der Waals surface area contributed by atoms with Gasteiger partial charge in [-0.25, -0.2) is 13.4 Å². The van der Waals surface area contributed by atoms with Crippen molar-refractivity contribution in [3.63, 3.8) is 0 Å². The van der Waals surface area contributed by atoms with E-state index >= 15 is 0 Å². The normalized spacial score (nSPS) is 13.8. The fraction of sp³-hybridized carbons (Fsp3) is 0.211. The van der Waals surface area contributed by atoms with Gasteiger partial charge in [-0.15, -0.1) is 0 Å². The van der Waals surface area contributed by atoms with Crippen LogP contribution in [-0.2, 0) is 22.1 Å². The summed E-state index contributed by atoms with van der Waals surface area (Å²) in [6.45, 7) is 2.75. The molecule has 128 valence electrons. The van der Waals surface area contributed by atoms with Crippen molar-refractivity contribution in [1.82, 2.24) is 9.55 Å². The Balaban J connectivity index is 1.79. The van der Waals surface area contributed by atoms with Crippen LogP contribution in [0.5, 0.6) is 0 Å². The lowest BCUT2D eigenvalue weighted by Crippen LogP contribution is -2.10. The second kappa shape index (κ2) is 6.35. The van der Waals surface area contributed by atoms with E-state index in [1.54, 1.807) is 23.9 Å². The maximum Gasteiger partial charge on any atom is 0.184 e. The average molecular weight is 370 g/mol. The van der Waals surface area contributed by atoms with Gasteiger partial charge < -0.3 is 4.57 Å². The molecule has 1 aromatic heterocycles. The van der Waals surface area contributed by atoms with Crippen LogP contribution < -0.4 is 0 Å². The van der Waals surface area contributed by atoms with Crippen molar-refractivity contribution in [3.05, 3.63) is 65.9 Å². The minimum absolute atomic E-state index is 0.0339. The predicted molar refractivity (Wildman–Crippen MR) is 100 cm³/mol. The highest BCUT2D eigenvalue weighted by Gasteiger charge is 2.27. The Morgan fingerprint density at radius 2 is 1.80 bits per heavy atom. The Morgan fingerprint density at radius 3 is 2.52 bits per heavy atom. The maximum atomic E-state index is 12.9. The molecule has 4 nitrogen and oxygen atoms in total. The first-order valence-corrected chi connectivity index (χ1v) is 10.8. The minimum Gasteiger partial charge on any atom is -0.321 e. The summed E-state index contributed by atoms with van der Waals surface area (Å²) in [6.07, 6.45) is 0. The molecule has 2 heterocycles. The predicted octanol–water partition coefficient (Wildman–Crippen LogP) is 3.94. The van der Waals surface area contributed by atoms with Crippen LogP contribution in [0.4, 0.5) is 0 Å². The molecule has 0 saturated carbocycles. The number of fused-ring (bicyclic) bond motifs is 1. The Kier molecular flexibility index (Phi) is 4.17. The van der Waals surface area contributed by atoms with Crippen molar-refractivity contribution in [1.29, 1.82) is 0 Å². The van der Waals surface area contributed by atoms with Crippen molar-refractivity contribution in [2.45, 2.75) is 29.3 Å². The molecule has 2 aromatic carbocycles. The lowest BCUT2D eigenvalue weighted by molar-refractivity contribution is 0.591. The standard InChI is InChI=1S/C19H18N2O2S2/c1-14-7-9-16(10-8-14)25(22,23)13-17-18(15-5-3-2-4-6-15)20-19-21(17)11-12-24-19/h2-10H,11-13H2,1H3. The number of hydrogen-bond acceptors (Lipinski definition) is 4. The number of aryl methyl sites for hydroxylation is 1. The molecule has 4 rings (SSSR count). The highest BCUT2D eigenvalue weighted by molar-refractivity contribution is 7.99. The summed E-state index contributed by atoms with van der Waals surface area (Å²) < 4.78 is 27.9. The molecule has 1 aliphatic rings. The molecule has 0 N–H and O–H groups in total. The fourth-order valence-electron chi connectivity index (χ4n) is 3.02. The number of nitrogens with zero attached hydrogens (tertiary/aromatic N) is 2. The van der Waals surface area contributed by atoms with Crippen molar-refractivity contribution in [3.8, 4) is 11.3 Å². The zero-order chi connectivity index (χ0) is 17.4. The minimum atomic E-state index is -3.42. The first-order chi connectivity index (χ1) is 12.0. The molecular weight excluding hydrogens is 352 g/mol. The largest absolute Gasteiger partial charge is 0.321 e. The molecule has 0 spiro atoms. The number of benzene rings is 2. The van der Waals surface area contributed by atoms with Gasteiger partial charge in [-0.1, -0.05) is 59.8 Å². The van der Waals surface area contributed by atoms with Crippen molar-refractivity contribution in [2.75, 3.05) is 5.75 Å². The smallest absolute Gasteiger partial charge is 0.184 e. The number of sulfone groups is 1. The van der Waals surface area contributed by atoms with E-state index in [1.165, 1.54) is 0 Å². The molecule has 0 amide bonds. The lowest BCUT2D eigenvalue weighted by Gasteiger charge is -2.09. The van der Waals surface area contributed by atoms with Crippen LogP contribution in [0, 0.1) is 6.92 Å². The molecule has 3 aromatic rings. The number of thioether (sulfide) groups is 1. The van der Waals surface area contributed by atoms with Crippen LogP contribution in [-0.4, -0.2) is 23.7 Å². The van der Waals surface area contributed by atoms with E-state index in [4.69, 9.17) is 4.98 Å². The third-order valence-electron chi connectivity index (χ3n) is 4.34. The van der Waals surface area contributed by atoms with Gasteiger partial charge in [0.2, 0.25) is 0 Å². The zero-order valence-electron chi connectivity index (χ0n) is 13.8. The summed E-state index contributed by atoms with van der Waals surface area (Å²) in [7, 11) is -3.42. The SMILES string of the molecule is Cc1ccc(S(=O)(=O)Cc2c(-c3ccccc3)nc3n2CCS3)cc1. The molecule has 0 fully saturated rings. The summed E-state index contributed by atoms with van der Waals surface area (Å²) in [5.74, 6) is 0.906. The highest BCUT2D eigenvalue weighted by Crippen LogP contribution is 2.34. The summed E-state index contributed by atoms with van der Waals surface area (Å²) in [6, 6.07) is 16.8. The van der Waals surface area contributed by atoms with Gasteiger partial charge in [0.1, 0.15) is 0 Å². The zero-order valence-corrected chi connectivity index (χ0v) is 15.5. The van der Waals surface area contributed by atoms with E-state index in [2.05, 4.69) is 4.57 Å². The second-order valence-corrected chi connectivity index (χ2v) is 9.18. The fourth-order valence-corrected chi connectivity index (χ4v) is 5.35. The van der Waals surface area contributed by atoms with Gasteiger partial charge in [-0.05, 0) is 19.1 Å². The molecule has 0 bridgehead atoms. The van der Waals surface area contributed by atoms with Crippen LogP contribution in [0.25, 0.3) is 11.3 Å². The van der Waals surface area contributed by atoms with Crippen molar-refractivity contribution < 1.29 is 8.42 Å². The summed E-state index contributed by atoms with van der Waals surface area (Å²) in [4.78, 5) is 5.07. The Hall–Kier alpha value is -2.05. The number of imidazole rings is 1.